The van der Waals surface area contributed by atoms with E-state index in [1.807, 2.05) is 18.2 Å². The number of nitrogens with zero attached hydrogens (tertiary/aromatic N) is 2. The van der Waals surface area contributed by atoms with Crippen molar-refractivity contribution in [2.24, 2.45) is 0 Å². The number of aromatic hydroxyl groups is 1. The van der Waals surface area contributed by atoms with E-state index >= 15 is 0 Å². The predicted molar refractivity (Wildman–Crippen MR) is 81.3 cm³/mol. The molecule has 4 heteroatoms. The molecule has 2 N–H and O–H groups in total. The van der Waals surface area contributed by atoms with Crippen LogP contribution in [-0.4, -0.2) is 16.6 Å². The molecule has 0 saturated carbocycles. The number of aromatic nitrogens is 1. The molecular formula is C17H17N3O. The van der Waals surface area contributed by atoms with Crippen LogP contribution in [0.25, 0.3) is 0 Å². The van der Waals surface area contributed by atoms with E-state index in [1.54, 1.807) is 12.1 Å². The van der Waals surface area contributed by atoms with Gasteiger partial charge < -0.3 is 10.4 Å². The Morgan fingerprint density at radius 3 is 2.81 bits per heavy atom. The van der Waals surface area contributed by atoms with Gasteiger partial charge >= 0.3 is 0 Å². The second kappa shape index (κ2) is 5.84. The Balaban J connectivity index is 1.68. The van der Waals surface area contributed by atoms with Gasteiger partial charge in [-0.2, -0.15) is 5.26 Å². The summed E-state index contributed by atoms with van der Waals surface area (Å²) >= 11 is 0. The highest BCUT2D eigenvalue weighted by Crippen LogP contribution is 2.24. The zero-order valence-electron chi connectivity index (χ0n) is 11.8. The number of fused-ring (bicyclic) bond motifs is 1. The van der Waals surface area contributed by atoms with Crippen molar-refractivity contribution in [3.8, 4) is 11.8 Å². The van der Waals surface area contributed by atoms with Crippen LogP contribution in [0.3, 0.4) is 0 Å². The van der Waals surface area contributed by atoms with E-state index in [4.69, 9.17) is 0 Å². The van der Waals surface area contributed by atoms with Gasteiger partial charge in [-0.15, -0.1) is 0 Å². The smallest absolute Gasteiger partial charge is 0.144 e. The number of hydrogen-bond donors (Lipinski definition) is 2. The summed E-state index contributed by atoms with van der Waals surface area (Å²) in [4.78, 5) is 4.60. The molecule has 3 rings (SSSR count). The minimum absolute atomic E-state index is 0.277. The average molecular weight is 279 g/mol. The summed E-state index contributed by atoms with van der Waals surface area (Å²) in [6, 6.07) is 11.4. The molecule has 2 aromatic rings. The van der Waals surface area contributed by atoms with Gasteiger partial charge in [-0.25, -0.2) is 4.98 Å². The van der Waals surface area contributed by atoms with Crippen LogP contribution in [0.1, 0.15) is 28.8 Å². The molecule has 0 atom stereocenters. The van der Waals surface area contributed by atoms with Gasteiger partial charge in [0.15, 0.2) is 0 Å². The lowest BCUT2D eigenvalue weighted by molar-refractivity contribution is 0.475. The van der Waals surface area contributed by atoms with Gasteiger partial charge in [-0.3, -0.25) is 0 Å². The molecule has 21 heavy (non-hydrogen) atoms. The van der Waals surface area contributed by atoms with Crippen LogP contribution >= 0.6 is 0 Å². The molecule has 0 bridgehead atoms. The first-order valence-corrected chi connectivity index (χ1v) is 7.21. The highest BCUT2D eigenvalue weighted by Gasteiger charge is 2.16. The van der Waals surface area contributed by atoms with Crippen molar-refractivity contribution < 1.29 is 5.11 Å². The van der Waals surface area contributed by atoms with Crippen molar-refractivity contribution in [3.05, 3.63) is 52.7 Å². The van der Waals surface area contributed by atoms with E-state index in [1.165, 1.54) is 5.56 Å². The number of nitrogens with one attached hydrogen (secondary N) is 1. The number of rotatable bonds is 4. The van der Waals surface area contributed by atoms with Crippen molar-refractivity contribution in [2.45, 2.75) is 25.7 Å². The maximum Gasteiger partial charge on any atom is 0.144 e. The highest BCUT2D eigenvalue weighted by atomic mass is 16.3. The van der Waals surface area contributed by atoms with Crippen LogP contribution in [0.2, 0.25) is 0 Å². The van der Waals surface area contributed by atoms with Crippen molar-refractivity contribution in [3.63, 3.8) is 0 Å². The van der Waals surface area contributed by atoms with Gasteiger partial charge in [0.05, 0.1) is 5.56 Å². The minimum atomic E-state index is 0.277. The molecule has 1 aliphatic rings. The molecule has 0 unspecified atom stereocenters. The standard InChI is InChI=1S/C17H17N3O/c18-11-14-10-13-2-1-3-16(13)20-17(14)19-9-8-12-4-6-15(21)7-5-12/h4-7,10,21H,1-3,8-9H2,(H,19,20). The maximum absolute atomic E-state index is 9.26. The lowest BCUT2D eigenvalue weighted by Gasteiger charge is -2.10. The summed E-state index contributed by atoms with van der Waals surface area (Å²) in [5.74, 6) is 0.968. The zero-order chi connectivity index (χ0) is 14.7. The number of phenols is 1. The summed E-state index contributed by atoms with van der Waals surface area (Å²) in [5.41, 5.74) is 4.11. The third-order valence-electron chi connectivity index (χ3n) is 3.81. The molecule has 0 spiro atoms. The second-order valence-corrected chi connectivity index (χ2v) is 5.30. The number of benzene rings is 1. The first-order chi connectivity index (χ1) is 10.3. The molecule has 0 fully saturated rings. The normalized spacial score (nSPS) is 12.7. The van der Waals surface area contributed by atoms with Crippen LogP contribution in [0.4, 0.5) is 5.82 Å². The first kappa shape index (κ1) is 13.4. The quantitative estimate of drug-likeness (QED) is 0.903. The number of hydrogen-bond acceptors (Lipinski definition) is 4. The molecule has 1 aromatic carbocycles. The van der Waals surface area contributed by atoms with Crippen molar-refractivity contribution in [1.82, 2.24) is 4.98 Å². The number of phenolic OH excluding ortho intramolecular Hbond substituents is 1. The molecule has 1 aromatic heterocycles. The molecule has 1 aliphatic carbocycles. The minimum Gasteiger partial charge on any atom is -0.508 e. The lowest BCUT2D eigenvalue weighted by Crippen LogP contribution is -2.09. The number of pyridine rings is 1. The molecular weight excluding hydrogens is 262 g/mol. The number of nitriles is 1. The fourth-order valence-corrected chi connectivity index (χ4v) is 2.68. The molecule has 1 heterocycles. The van der Waals surface area contributed by atoms with Crippen molar-refractivity contribution >= 4 is 5.82 Å². The Hall–Kier alpha value is -2.54. The van der Waals surface area contributed by atoms with Crippen molar-refractivity contribution in [1.29, 1.82) is 5.26 Å². The van der Waals surface area contributed by atoms with Gasteiger partial charge in [0.1, 0.15) is 17.6 Å². The van der Waals surface area contributed by atoms with Crippen molar-refractivity contribution in [2.75, 3.05) is 11.9 Å². The van der Waals surface area contributed by atoms with Gasteiger partial charge in [-0.1, -0.05) is 12.1 Å². The summed E-state index contributed by atoms with van der Waals surface area (Å²) in [7, 11) is 0. The molecule has 0 aliphatic heterocycles. The Labute approximate surface area is 124 Å². The van der Waals surface area contributed by atoms with E-state index < -0.39 is 0 Å². The van der Waals surface area contributed by atoms with E-state index in [0.717, 1.165) is 36.9 Å². The third-order valence-corrected chi connectivity index (χ3v) is 3.81. The maximum atomic E-state index is 9.26. The largest absolute Gasteiger partial charge is 0.508 e. The predicted octanol–water partition coefficient (Wildman–Crippen LogP) is 2.80. The SMILES string of the molecule is N#Cc1cc2c(nc1NCCc1ccc(O)cc1)CCC2. The second-order valence-electron chi connectivity index (χ2n) is 5.30. The number of aryl methyl sites for hydroxylation is 2. The first-order valence-electron chi connectivity index (χ1n) is 7.21. The summed E-state index contributed by atoms with van der Waals surface area (Å²) in [5, 5.41) is 21.8. The highest BCUT2D eigenvalue weighted by molar-refractivity contribution is 5.55. The van der Waals surface area contributed by atoms with Crippen LogP contribution < -0.4 is 5.32 Å². The fourth-order valence-electron chi connectivity index (χ4n) is 2.68. The Bertz CT molecular complexity index is 686. The Kier molecular flexibility index (Phi) is 3.74. The Morgan fingerprint density at radius 2 is 2.05 bits per heavy atom. The van der Waals surface area contributed by atoms with E-state index in [-0.39, 0.29) is 5.75 Å². The average Bonchev–Trinajstić information content (AvgIpc) is 2.95. The summed E-state index contributed by atoms with van der Waals surface area (Å²) in [6.07, 6.45) is 3.99. The summed E-state index contributed by atoms with van der Waals surface area (Å²) < 4.78 is 0. The van der Waals surface area contributed by atoms with E-state index in [9.17, 15) is 10.4 Å². The van der Waals surface area contributed by atoms with Crippen LogP contribution in [0, 0.1) is 11.3 Å². The van der Waals surface area contributed by atoms with E-state index in [2.05, 4.69) is 16.4 Å². The van der Waals surface area contributed by atoms with Crippen LogP contribution in [0.5, 0.6) is 5.75 Å². The molecule has 4 nitrogen and oxygen atoms in total. The third kappa shape index (κ3) is 2.97. The van der Waals surface area contributed by atoms with Gasteiger partial charge in [0.2, 0.25) is 0 Å². The zero-order valence-corrected chi connectivity index (χ0v) is 11.8. The fraction of sp³-hybridized carbons (Fsp3) is 0.294. The monoisotopic (exact) mass is 279 g/mol. The van der Waals surface area contributed by atoms with Gasteiger partial charge in [0, 0.05) is 12.2 Å². The van der Waals surface area contributed by atoms with Gasteiger partial charge in [-0.05, 0) is 55.0 Å². The molecule has 106 valence electrons. The van der Waals surface area contributed by atoms with E-state index in [0.29, 0.717) is 17.9 Å². The Morgan fingerprint density at radius 1 is 1.24 bits per heavy atom. The van der Waals surface area contributed by atoms with Crippen LogP contribution in [0.15, 0.2) is 30.3 Å². The van der Waals surface area contributed by atoms with Gasteiger partial charge in [0.25, 0.3) is 0 Å². The lowest BCUT2D eigenvalue weighted by atomic mass is 10.1. The molecule has 0 radical (unpaired) electrons. The molecule has 0 amide bonds. The molecule has 0 saturated heterocycles. The van der Waals surface area contributed by atoms with Crippen LogP contribution in [-0.2, 0) is 19.3 Å². The topological polar surface area (TPSA) is 68.9 Å². The summed E-state index contributed by atoms with van der Waals surface area (Å²) in [6.45, 7) is 0.714. The number of anilines is 1.